The molecule has 7 nitrogen and oxygen atoms in total. The van der Waals surface area contributed by atoms with E-state index in [0.29, 0.717) is 23.3 Å². The Bertz CT molecular complexity index is 4640. The number of nitrogens with zero attached hydrogens (tertiary/aromatic N) is 7. The molecule has 0 atom stereocenters. The third-order valence-electron chi connectivity index (χ3n) is 15.7. The first kappa shape index (κ1) is 45.3. The number of aromatic nitrogens is 7. The van der Waals surface area contributed by atoms with Gasteiger partial charge in [-0.3, -0.25) is 0 Å². The molecule has 7 heteroatoms. The van der Waals surface area contributed by atoms with E-state index in [0.717, 1.165) is 72.7 Å². The molecule has 0 spiro atoms. The number of hydrogen-bond acceptors (Lipinski definition) is 5. The zero-order valence-corrected chi connectivity index (χ0v) is 43.1. The Morgan fingerprint density at radius 1 is 0.212 bits per heavy atom. The highest BCUT2D eigenvalue weighted by molar-refractivity contribution is 6.45. The van der Waals surface area contributed by atoms with Crippen molar-refractivity contribution >= 4 is 75.9 Å². The van der Waals surface area contributed by atoms with Crippen LogP contribution < -0.4 is 0 Å². The summed E-state index contributed by atoms with van der Waals surface area (Å²) in [5.41, 5.74) is 14.3. The molecule has 0 unspecified atom stereocenters. The van der Waals surface area contributed by atoms with Gasteiger partial charge in [0.25, 0.3) is 0 Å². The quantitative estimate of drug-likeness (QED) is 0.142. The van der Waals surface area contributed by atoms with Gasteiger partial charge >= 0.3 is 0 Å². The van der Waals surface area contributed by atoms with E-state index < -0.39 is 0 Å². The summed E-state index contributed by atoms with van der Waals surface area (Å²) >= 11 is 0. The molecule has 0 amide bonds. The molecule has 80 heavy (non-hydrogen) atoms. The van der Waals surface area contributed by atoms with Gasteiger partial charge < -0.3 is 9.13 Å². The smallest absolute Gasteiger partial charge is 0.164 e. The van der Waals surface area contributed by atoms with Gasteiger partial charge in [0.05, 0.1) is 33.5 Å². The lowest BCUT2D eigenvalue weighted by molar-refractivity contribution is 1.07. The van der Waals surface area contributed by atoms with Crippen molar-refractivity contribution in [1.29, 1.82) is 0 Å². The molecular weight excluding hydrogens is 975 g/mol. The second kappa shape index (κ2) is 18.4. The van der Waals surface area contributed by atoms with Crippen LogP contribution in [0.4, 0.5) is 0 Å². The van der Waals surface area contributed by atoms with Crippen LogP contribution in [0.15, 0.2) is 273 Å². The van der Waals surface area contributed by atoms with Crippen LogP contribution in [-0.2, 0) is 0 Å². The van der Waals surface area contributed by atoms with Crippen molar-refractivity contribution in [3.05, 3.63) is 273 Å². The van der Waals surface area contributed by atoms with E-state index >= 15 is 0 Å². The lowest BCUT2D eigenvalue weighted by Gasteiger charge is -2.17. The van der Waals surface area contributed by atoms with Gasteiger partial charge in [0.1, 0.15) is 0 Å². The zero-order valence-electron chi connectivity index (χ0n) is 43.1. The van der Waals surface area contributed by atoms with Crippen LogP contribution in [0.2, 0.25) is 0 Å². The summed E-state index contributed by atoms with van der Waals surface area (Å²) in [5.74, 6) is 2.58. The predicted molar refractivity (Wildman–Crippen MR) is 329 cm³/mol. The molecule has 0 saturated heterocycles. The Kier molecular flexibility index (Phi) is 10.4. The highest BCUT2D eigenvalue weighted by atomic mass is 15.0. The predicted octanol–water partition coefficient (Wildman–Crippen LogP) is 18.3. The normalized spacial score (nSPS) is 11.8. The topological polar surface area (TPSA) is 74.3 Å². The van der Waals surface area contributed by atoms with E-state index in [9.17, 15) is 0 Å². The largest absolute Gasteiger partial charge is 0.309 e. The first-order valence-electron chi connectivity index (χ1n) is 27.0. The first-order chi connectivity index (χ1) is 39.7. The molecule has 372 valence electrons. The summed E-state index contributed by atoms with van der Waals surface area (Å²) in [6.07, 6.45) is 0. The fraction of sp³-hybridized carbons (Fsp3) is 0. The molecule has 0 saturated carbocycles. The summed E-state index contributed by atoms with van der Waals surface area (Å²) in [4.78, 5) is 25.4. The highest BCUT2D eigenvalue weighted by Gasteiger charge is 2.26. The molecule has 16 aromatic rings. The Labute approximate surface area is 460 Å². The molecule has 0 aliphatic heterocycles. The summed E-state index contributed by atoms with van der Waals surface area (Å²) in [6.45, 7) is 0. The average Bonchev–Trinajstić information content (AvgIpc) is 4.27. The maximum atomic E-state index is 5.19. The number of para-hydroxylation sites is 2. The average molecular weight is 1020 g/mol. The van der Waals surface area contributed by atoms with Gasteiger partial charge in [-0.1, -0.05) is 218 Å². The fourth-order valence-corrected chi connectivity index (χ4v) is 12.2. The first-order valence-corrected chi connectivity index (χ1v) is 27.0. The second-order valence-corrected chi connectivity index (χ2v) is 20.3. The van der Waals surface area contributed by atoms with Gasteiger partial charge in [-0.05, 0) is 70.8 Å². The van der Waals surface area contributed by atoms with Crippen LogP contribution in [0.1, 0.15) is 0 Å². The molecule has 0 radical (unpaired) electrons. The van der Waals surface area contributed by atoms with Crippen molar-refractivity contribution in [3.63, 3.8) is 0 Å². The monoisotopic (exact) mass is 1020 g/mol. The third kappa shape index (κ3) is 7.25. The van der Waals surface area contributed by atoms with Crippen LogP contribution in [-0.4, -0.2) is 34.1 Å². The number of hydrogen-bond donors (Lipinski definition) is 0. The molecule has 0 fully saturated rings. The van der Waals surface area contributed by atoms with E-state index in [2.05, 4.69) is 197 Å². The minimum Gasteiger partial charge on any atom is -0.309 e. The van der Waals surface area contributed by atoms with E-state index in [1.165, 1.54) is 59.4 Å². The standard InChI is InChI=1S/C73H45N7/c1-5-21-46(22-6-1)60-45-61(75-70(74-60)48-23-7-2-8-24-48)47-37-41-52(42-38-47)79-62-35-19-17-33-58(62)65-67-64(54-29-13-15-31-56(54)68(65)79)55-30-14-16-32-57(55)69-66(67)59-34-18-20-36-63(59)80(69)53-43-39-51(40-44-53)73-77-71(49-25-9-3-10-26-49)76-72(78-73)50-27-11-4-12-28-50/h1-45H. The van der Waals surface area contributed by atoms with Gasteiger partial charge in [-0.25, -0.2) is 24.9 Å². The summed E-state index contributed by atoms with van der Waals surface area (Å²) in [7, 11) is 0. The maximum Gasteiger partial charge on any atom is 0.164 e. The van der Waals surface area contributed by atoms with Gasteiger partial charge in [0, 0.05) is 82.5 Å². The van der Waals surface area contributed by atoms with Crippen LogP contribution in [0.3, 0.4) is 0 Å². The van der Waals surface area contributed by atoms with Crippen LogP contribution in [0.25, 0.3) is 155 Å². The lowest BCUT2D eigenvalue weighted by Crippen LogP contribution is -2.00. The summed E-state index contributed by atoms with van der Waals surface area (Å²) in [5, 5.41) is 12.1. The number of benzene rings is 12. The van der Waals surface area contributed by atoms with Gasteiger partial charge in [-0.15, -0.1) is 0 Å². The highest BCUT2D eigenvalue weighted by Crippen LogP contribution is 2.51. The molecule has 0 aliphatic rings. The molecule has 12 aromatic carbocycles. The summed E-state index contributed by atoms with van der Waals surface area (Å²) < 4.78 is 4.94. The van der Waals surface area contributed by atoms with Crippen LogP contribution in [0, 0.1) is 0 Å². The van der Waals surface area contributed by atoms with E-state index in [1.54, 1.807) is 0 Å². The van der Waals surface area contributed by atoms with E-state index in [-0.39, 0.29) is 0 Å². The minimum atomic E-state index is 0.617. The molecule has 4 heterocycles. The number of fused-ring (bicyclic) bond motifs is 15. The molecule has 0 N–H and O–H groups in total. The van der Waals surface area contributed by atoms with Gasteiger partial charge in [0.2, 0.25) is 0 Å². The third-order valence-corrected chi connectivity index (χ3v) is 15.7. The summed E-state index contributed by atoms with van der Waals surface area (Å²) in [6, 6.07) is 96.4. The number of rotatable bonds is 8. The van der Waals surface area contributed by atoms with Crippen molar-refractivity contribution in [1.82, 2.24) is 34.1 Å². The molecule has 4 aromatic heterocycles. The molecule has 0 bridgehead atoms. The Morgan fingerprint density at radius 2 is 0.512 bits per heavy atom. The SMILES string of the molecule is c1ccc(-c2cc(-c3ccc(-n4c5ccccc5c5c6c(c7ccccc7c54)c4ccccc4c4c6c5ccccc5n4-c4ccc(-c5nc(-c6ccccc6)nc(-c6ccccc6)n5)cc4)cc3)nc(-c3ccccc3)n2)cc1. The van der Waals surface area contributed by atoms with Gasteiger partial charge in [0.15, 0.2) is 23.3 Å². The van der Waals surface area contributed by atoms with Crippen molar-refractivity contribution in [2.75, 3.05) is 0 Å². The van der Waals surface area contributed by atoms with Crippen molar-refractivity contribution in [2.45, 2.75) is 0 Å². The van der Waals surface area contributed by atoms with Crippen molar-refractivity contribution in [2.24, 2.45) is 0 Å². The zero-order chi connectivity index (χ0) is 52.7. The fourth-order valence-electron chi connectivity index (χ4n) is 12.2. The second-order valence-electron chi connectivity index (χ2n) is 20.3. The Balaban J connectivity index is 0.923. The molecule has 0 aliphatic carbocycles. The van der Waals surface area contributed by atoms with E-state index in [1.807, 2.05) is 84.9 Å². The Morgan fingerprint density at radius 3 is 0.925 bits per heavy atom. The molecular formula is C73H45N7. The minimum absolute atomic E-state index is 0.617. The Hall–Kier alpha value is -10.9. The van der Waals surface area contributed by atoms with Crippen molar-refractivity contribution < 1.29 is 0 Å². The van der Waals surface area contributed by atoms with Crippen molar-refractivity contribution in [3.8, 4) is 79.4 Å². The van der Waals surface area contributed by atoms with Crippen LogP contribution >= 0.6 is 0 Å². The lowest BCUT2D eigenvalue weighted by atomic mass is 9.89. The van der Waals surface area contributed by atoms with Crippen LogP contribution in [0.5, 0.6) is 0 Å². The maximum absolute atomic E-state index is 5.19. The van der Waals surface area contributed by atoms with Gasteiger partial charge in [-0.2, -0.15) is 0 Å². The molecule has 16 rings (SSSR count). The van der Waals surface area contributed by atoms with E-state index in [4.69, 9.17) is 24.9 Å².